The van der Waals surface area contributed by atoms with Gasteiger partial charge in [0.1, 0.15) is 17.4 Å². The highest BCUT2D eigenvalue weighted by Gasteiger charge is 2.14. The van der Waals surface area contributed by atoms with Crippen molar-refractivity contribution in [1.29, 1.82) is 5.26 Å². The van der Waals surface area contributed by atoms with Gasteiger partial charge < -0.3 is 9.47 Å². The van der Waals surface area contributed by atoms with Crippen molar-refractivity contribution in [2.45, 2.75) is 6.92 Å². The summed E-state index contributed by atoms with van der Waals surface area (Å²) >= 11 is 11.8. The highest BCUT2D eigenvalue weighted by Crippen LogP contribution is 2.33. The number of hydrogen-bond donors (Lipinski definition) is 0. The van der Waals surface area contributed by atoms with Crippen LogP contribution < -0.4 is 4.74 Å². The van der Waals surface area contributed by atoms with Crippen molar-refractivity contribution in [3.05, 3.63) is 33.3 Å². The lowest BCUT2D eigenvalue weighted by molar-refractivity contribution is -0.137. The molecule has 0 aliphatic heterocycles. The van der Waals surface area contributed by atoms with E-state index in [2.05, 4.69) is 0 Å². The van der Waals surface area contributed by atoms with E-state index in [1.165, 1.54) is 19.3 Å². The number of rotatable bonds is 4. The molecule has 0 fully saturated rings. The minimum Gasteiger partial charge on any atom is -0.495 e. The van der Waals surface area contributed by atoms with Gasteiger partial charge in [0.25, 0.3) is 0 Å². The predicted octanol–water partition coefficient (Wildman–Crippen LogP) is 3.47. The summed E-state index contributed by atoms with van der Waals surface area (Å²) in [5.41, 5.74) is 0.281. The number of carbonyl (C=O) groups excluding carboxylic acids is 1. The Kier molecular flexibility index (Phi) is 5.68. The summed E-state index contributed by atoms with van der Waals surface area (Å²) in [5, 5.41) is 9.63. The van der Waals surface area contributed by atoms with E-state index in [1.807, 2.05) is 0 Å². The number of esters is 1. The Balaban J connectivity index is 3.29. The van der Waals surface area contributed by atoms with Crippen LogP contribution in [0, 0.1) is 11.3 Å². The predicted molar refractivity (Wildman–Crippen MR) is 73.2 cm³/mol. The van der Waals surface area contributed by atoms with Gasteiger partial charge in [0.2, 0.25) is 0 Å². The molecule has 0 bridgehead atoms. The van der Waals surface area contributed by atoms with Gasteiger partial charge in [0, 0.05) is 10.6 Å². The number of halogens is 2. The van der Waals surface area contributed by atoms with Crippen LogP contribution in [0.3, 0.4) is 0 Å². The first kappa shape index (κ1) is 15.4. The van der Waals surface area contributed by atoms with Gasteiger partial charge in [0.15, 0.2) is 0 Å². The quantitative estimate of drug-likeness (QED) is 0.485. The van der Waals surface area contributed by atoms with Gasteiger partial charge in [-0.3, -0.25) is 0 Å². The van der Waals surface area contributed by atoms with Crippen molar-refractivity contribution in [2.75, 3.05) is 13.7 Å². The molecule has 0 spiro atoms. The molecule has 4 nitrogen and oxygen atoms in total. The van der Waals surface area contributed by atoms with E-state index in [9.17, 15) is 4.79 Å². The van der Waals surface area contributed by atoms with Crippen molar-refractivity contribution in [1.82, 2.24) is 0 Å². The van der Waals surface area contributed by atoms with Crippen LogP contribution in [0.25, 0.3) is 6.08 Å². The molecule has 0 aliphatic carbocycles. The Bertz CT molecular complexity index is 562. The Morgan fingerprint density at radius 1 is 1.47 bits per heavy atom. The molecule has 0 atom stereocenters. The molecular weight excluding hydrogens is 289 g/mol. The van der Waals surface area contributed by atoms with Crippen molar-refractivity contribution in [3.8, 4) is 11.8 Å². The molecule has 1 rings (SSSR count). The summed E-state index contributed by atoms with van der Waals surface area (Å²) in [5.74, 6) is -0.369. The first-order valence-electron chi connectivity index (χ1n) is 5.35. The van der Waals surface area contributed by atoms with E-state index in [1.54, 1.807) is 19.1 Å². The average Bonchev–Trinajstić information content (AvgIpc) is 2.35. The van der Waals surface area contributed by atoms with Gasteiger partial charge in [0.05, 0.1) is 18.7 Å². The molecule has 0 saturated heterocycles. The maximum Gasteiger partial charge on any atom is 0.348 e. The first-order chi connectivity index (χ1) is 9.03. The lowest BCUT2D eigenvalue weighted by Crippen LogP contribution is -2.06. The average molecular weight is 300 g/mol. The molecule has 0 saturated carbocycles. The smallest absolute Gasteiger partial charge is 0.348 e. The summed E-state index contributed by atoms with van der Waals surface area (Å²) in [6, 6.07) is 4.82. The lowest BCUT2D eigenvalue weighted by Gasteiger charge is -2.08. The van der Waals surface area contributed by atoms with Crippen LogP contribution in [0.5, 0.6) is 5.75 Å². The fourth-order valence-electron chi connectivity index (χ4n) is 1.40. The molecule has 0 aliphatic rings. The number of carbonyl (C=O) groups is 1. The van der Waals surface area contributed by atoms with E-state index in [0.29, 0.717) is 21.4 Å². The fraction of sp³-hybridized carbons (Fsp3) is 0.231. The third-order valence-corrected chi connectivity index (χ3v) is 2.66. The first-order valence-corrected chi connectivity index (χ1v) is 6.11. The van der Waals surface area contributed by atoms with E-state index >= 15 is 0 Å². The van der Waals surface area contributed by atoms with Crippen LogP contribution in [0.1, 0.15) is 12.5 Å². The van der Waals surface area contributed by atoms with E-state index in [4.69, 9.17) is 37.9 Å². The topological polar surface area (TPSA) is 59.3 Å². The van der Waals surface area contributed by atoms with Crippen molar-refractivity contribution < 1.29 is 14.3 Å². The van der Waals surface area contributed by atoms with E-state index in [-0.39, 0.29) is 12.2 Å². The molecule has 0 radical (unpaired) electrons. The third kappa shape index (κ3) is 3.88. The fourth-order valence-corrected chi connectivity index (χ4v) is 1.99. The highest BCUT2D eigenvalue weighted by atomic mass is 35.5. The Hall–Kier alpha value is -1.70. The number of benzene rings is 1. The van der Waals surface area contributed by atoms with Gasteiger partial charge in [-0.1, -0.05) is 23.2 Å². The van der Waals surface area contributed by atoms with Gasteiger partial charge >= 0.3 is 5.97 Å². The van der Waals surface area contributed by atoms with Crippen LogP contribution in [-0.2, 0) is 9.53 Å². The van der Waals surface area contributed by atoms with Crippen molar-refractivity contribution in [2.24, 2.45) is 0 Å². The second-order valence-electron chi connectivity index (χ2n) is 3.40. The summed E-state index contributed by atoms with van der Waals surface area (Å²) in [7, 11) is 1.43. The standard InChI is InChI=1S/C13H11Cl2NO3/c1-3-19-13(17)9(7-16)4-8-5-10(14)6-11(15)12(8)18-2/h4-6H,3H2,1-2H3/b9-4+. The third-order valence-electron chi connectivity index (χ3n) is 2.16. The molecule has 0 heterocycles. The number of ether oxygens (including phenoxy) is 2. The van der Waals surface area contributed by atoms with Crippen molar-refractivity contribution in [3.63, 3.8) is 0 Å². The SMILES string of the molecule is CCOC(=O)/C(C#N)=C/c1cc(Cl)cc(Cl)c1OC. The van der Waals surface area contributed by atoms with Crippen LogP contribution in [0.4, 0.5) is 0 Å². The number of nitrogens with zero attached hydrogens (tertiary/aromatic N) is 1. The molecule has 19 heavy (non-hydrogen) atoms. The Labute approximate surface area is 121 Å². The zero-order chi connectivity index (χ0) is 14.4. The Morgan fingerprint density at radius 3 is 2.68 bits per heavy atom. The molecule has 0 N–H and O–H groups in total. The summed E-state index contributed by atoms with van der Waals surface area (Å²) < 4.78 is 9.88. The number of methoxy groups -OCH3 is 1. The zero-order valence-electron chi connectivity index (χ0n) is 10.4. The normalized spacial score (nSPS) is 10.8. The molecular formula is C13H11Cl2NO3. The minimum absolute atomic E-state index is 0.154. The van der Waals surface area contributed by atoms with Crippen LogP contribution >= 0.6 is 23.2 Å². The largest absolute Gasteiger partial charge is 0.495 e. The molecule has 6 heteroatoms. The molecule has 1 aromatic rings. The molecule has 0 amide bonds. The van der Waals surface area contributed by atoms with Crippen LogP contribution in [0.2, 0.25) is 10.0 Å². The summed E-state index contributed by atoms with van der Waals surface area (Å²) in [6.07, 6.45) is 1.33. The van der Waals surface area contributed by atoms with Crippen LogP contribution in [0.15, 0.2) is 17.7 Å². The number of nitriles is 1. The van der Waals surface area contributed by atoms with E-state index < -0.39 is 5.97 Å². The minimum atomic E-state index is -0.705. The van der Waals surface area contributed by atoms with Gasteiger partial charge in [-0.25, -0.2) is 4.79 Å². The second-order valence-corrected chi connectivity index (χ2v) is 4.24. The lowest BCUT2D eigenvalue weighted by atomic mass is 10.1. The highest BCUT2D eigenvalue weighted by molar-refractivity contribution is 6.36. The second kappa shape index (κ2) is 7.03. The maximum absolute atomic E-state index is 11.5. The zero-order valence-corrected chi connectivity index (χ0v) is 11.9. The van der Waals surface area contributed by atoms with Gasteiger partial charge in [-0.05, 0) is 25.1 Å². The van der Waals surface area contributed by atoms with Crippen LogP contribution in [-0.4, -0.2) is 19.7 Å². The molecule has 0 unspecified atom stereocenters. The monoisotopic (exact) mass is 299 g/mol. The van der Waals surface area contributed by atoms with Gasteiger partial charge in [-0.15, -0.1) is 0 Å². The van der Waals surface area contributed by atoms with E-state index in [0.717, 1.165) is 0 Å². The molecule has 1 aromatic carbocycles. The summed E-state index contributed by atoms with van der Waals surface area (Å²) in [6.45, 7) is 1.84. The number of hydrogen-bond acceptors (Lipinski definition) is 4. The Morgan fingerprint density at radius 2 is 2.16 bits per heavy atom. The van der Waals surface area contributed by atoms with Gasteiger partial charge in [-0.2, -0.15) is 5.26 Å². The molecule has 100 valence electrons. The van der Waals surface area contributed by atoms with Crippen molar-refractivity contribution >= 4 is 35.2 Å². The summed E-state index contributed by atoms with van der Waals surface area (Å²) in [4.78, 5) is 11.5. The molecule has 0 aromatic heterocycles. The maximum atomic E-state index is 11.5.